The maximum atomic E-state index is 12.7. The topological polar surface area (TPSA) is 44.1 Å². The van der Waals surface area contributed by atoms with Crippen LogP contribution in [0.3, 0.4) is 0 Å². The number of carbonyl (C=O) groups excluding carboxylic acids is 1. The number of hydrogen-bond acceptors (Lipinski definition) is 3. The van der Waals surface area contributed by atoms with Crippen LogP contribution in [0.25, 0.3) is 10.9 Å². The number of rotatable bonds is 2. The summed E-state index contributed by atoms with van der Waals surface area (Å²) in [7, 11) is 1.15. The Bertz CT molecular complexity index is 583. The van der Waals surface area contributed by atoms with E-state index in [2.05, 4.69) is 9.84 Å². The number of benzene rings is 1. The third-order valence-electron chi connectivity index (χ3n) is 2.23. The van der Waals surface area contributed by atoms with Crippen molar-refractivity contribution in [3.8, 4) is 0 Å². The molecule has 0 unspecified atom stereocenters. The van der Waals surface area contributed by atoms with Crippen LogP contribution in [-0.4, -0.2) is 22.9 Å². The molecule has 0 spiro atoms. The normalized spacial score (nSPS) is 11.1. The highest BCUT2D eigenvalue weighted by molar-refractivity contribution is 6.31. The van der Waals surface area contributed by atoms with Gasteiger partial charge in [0.25, 0.3) is 0 Å². The number of fused-ring (bicyclic) bond motifs is 1. The summed E-state index contributed by atoms with van der Waals surface area (Å²) in [6.07, 6.45) is 0. The van der Waals surface area contributed by atoms with Gasteiger partial charge in [0.05, 0.1) is 12.6 Å². The van der Waals surface area contributed by atoms with E-state index >= 15 is 0 Å². The maximum Gasteiger partial charge on any atom is 0.359 e. The summed E-state index contributed by atoms with van der Waals surface area (Å²) in [5.74, 6) is -0.781. The molecule has 0 atom stereocenters. The second-order valence-electron chi connectivity index (χ2n) is 3.22. The molecule has 0 aliphatic heterocycles. The third kappa shape index (κ3) is 1.95. The van der Waals surface area contributed by atoms with Gasteiger partial charge < -0.3 is 4.74 Å². The van der Waals surface area contributed by atoms with Gasteiger partial charge in [-0.2, -0.15) is 13.9 Å². The molecule has 7 heteroatoms. The summed E-state index contributed by atoms with van der Waals surface area (Å²) in [6, 6.07) is 4.23. The number of nitrogens with zero attached hydrogens (tertiary/aromatic N) is 2. The number of hydrogen-bond donors (Lipinski definition) is 0. The molecule has 1 aromatic carbocycles. The predicted molar refractivity (Wildman–Crippen MR) is 57.3 cm³/mol. The number of carbonyl (C=O) groups is 1. The molecule has 90 valence electrons. The summed E-state index contributed by atoms with van der Waals surface area (Å²) in [6.45, 7) is -2.84. The van der Waals surface area contributed by atoms with Gasteiger partial charge in [0, 0.05) is 10.4 Å². The standard InChI is InChI=1S/C10H7ClF2N2O2/c1-17-9(16)8-6-4-5(11)2-3-7(6)15(14-8)10(12)13/h2-4,10H,1H3. The summed E-state index contributed by atoms with van der Waals surface area (Å²) in [4.78, 5) is 11.4. The van der Waals surface area contributed by atoms with E-state index in [1.165, 1.54) is 18.2 Å². The fraction of sp³-hybridized carbons (Fsp3) is 0.200. The van der Waals surface area contributed by atoms with E-state index in [1.54, 1.807) is 0 Å². The van der Waals surface area contributed by atoms with Crippen LogP contribution in [0.4, 0.5) is 8.78 Å². The zero-order valence-corrected chi connectivity index (χ0v) is 9.41. The average molecular weight is 261 g/mol. The van der Waals surface area contributed by atoms with Crippen molar-refractivity contribution >= 4 is 28.5 Å². The van der Waals surface area contributed by atoms with E-state index in [-0.39, 0.29) is 16.6 Å². The van der Waals surface area contributed by atoms with Gasteiger partial charge in [0.1, 0.15) is 0 Å². The van der Waals surface area contributed by atoms with Gasteiger partial charge in [-0.3, -0.25) is 0 Å². The molecule has 0 bridgehead atoms. The molecule has 2 rings (SSSR count). The number of ether oxygens (including phenoxy) is 1. The Morgan fingerprint density at radius 2 is 2.24 bits per heavy atom. The van der Waals surface area contributed by atoms with E-state index in [0.29, 0.717) is 9.70 Å². The smallest absolute Gasteiger partial charge is 0.359 e. The SMILES string of the molecule is COC(=O)c1nn(C(F)F)c2ccc(Cl)cc12. The first-order chi connectivity index (χ1) is 8.04. The molecular formula is C10H7ClF2N2O2. The molecule has 0 amide bonds. The van der Waals surface area contributed by atoms with Crippen LogP contribution < -0.4 is 0 Å². The van der Waals surface area contributed by atoms with Crippen LogP contribution in [-0.2, 0) is 4.74 Å². The average Bonchev–Trinajstić information content (AvgIpc) is 2.66. The van der Waals surface area contributed by atoms with E-state index in [9.17, 15) is 13.6 Å². The van der Waals surface area contributed by atoms with Crippen LogP contribution in [0, 0.1) is 0 Å². The van der Waals surface area contributed by atoms with Gasteiger partial charge in [0.15, 0.2) is 5.69 Å². The minimum atomic E-state index is -2.84. The van der Waals surface area contributed by atoms with Crippen LogP contribution >= 0.6 is 11.6 Å². The lowest BCUT2D eigenvalue weighted by molar-refractivity contribution is 0.0545. The predicted octanol–water partition coefficient (Wildman–Crippen LogP) is 2.87. The molecule has 1 heterocycles. The van der Waals surface area contributed by atoms with Gasteiger partial charge in [-0.1, -0.05) is 11.6 Å². The Labute approximate surface area is 99.7 Å². The molecule has 0 aliphatic rings. The number of aromatic nitrogens is 2. The zero-order valence-electron chi connectivity index (χ0n) is 8.65. The van der Waals surface area contributed by atoms with Crippen molar-refractivity contribution in [1.82, 2.24) is 9.78 Å². The minimum absolute atomic E-state index is 0.129. The highest BCUT2D eigenvalue weighted by Crippen LogP contribution is 2.26. The number of esters is 1. The van der Waals surface area contributed by atoms with Gasteiger partial charge in [-0.05, 0) is 18.2 Å². The van der Waals surface area contributed by atoms with Crippen molar-refractivity contribution in [2.45, 2.75) is 6.55 Å². The van der Waals surface area contributed by atoms with Gasteiger partial charge in [-0.25, -0.2) is 9.48 Å². The van der Waals surface area contributed by atoms with E-state index in [4.69, 9.17) is 11.6 Å². The van der Waals surface area contributed by atoms with Crippen molar-refractivity contribution in [2.75, 3.05) is 7.11 Å². The highest BCUT2D eigenvalue weighted by Gasteiger charge is 2.21. The van der Waals surface area contributed by atoms with E-state index in [1.807, 2.05) is 0 Å². The lowest BCUT2D eigenvalue weighted by Crippen LogP contribution is -2.05. The summed E-state index contributed by atoms with van der Waals surface area (Å²) >= 11 is 5.75. The lowest BCUT2D eigenvalue weighted by Gasteiger charge is -1.99. The molecular weight excluding hydrogens is 254 g/mol. The molecule has 0 saturated heterocycles. The Balaban J connectivity index is 2.75. The molecule has 0 fully saturated rings. The van der Waals surface area contributed by atoms with Crippen molar-refractivity contribution in [2.24, 2.45) is 0 Å². The molecule has 0 saturated carbocycles. The van der Waals surface area contributed by atoms with Crippen LogP contribution in [0.15, 0.2) is 18.2 Å². The Morgan fingerprint density at radius 1 is 1.53 bits per heavy atom. The van der Waals surface area contributed by atoms with Gasteiger partial charge in [0.2, 0.25) is 0 Å². The zero-order chi connectivity index (χ0) is 12.6. The number of alkyl halides is 2. The Kier molecular flexibility index (Phi) is 2.97. The fourth-order valence-electron chi connectivity index (χ4n) is 1.51. The summed E-state index contributed by atoms with van der Waals surface area (Å²) in [5.41, 5.74) is -0.0462. The van der Waals surface area contributed by atoms with E-state index in [0.717, 1.165) is 7.11 Å². The first-order valence-corrected chi connectivity index (χ1v) is 4.96. The van der Waals surface area contributed by atoms with Crippen molar-refractivity contribution in [3.63, 3.8) is 0 Å². The monoisotopic (exact) mass is 260 g/mol. The molecule has 1 aromatic heterocycles. The lowest BCUT2D eigenvalue weighted by atomic mass is 10.2. The van der Waals surface area contributed by atoms with Gasteiger partial charge >= 0.3 is 12.5 Å². The van der Waals surface area contributed by atoms with Gasteiger partial charge in [-0.15, -0.1) is 0 Å². The molecule has 0 radical (unpaired) electrons. The quantitative estimate of drug-likeness (QED) is 0.780. The molecule has 0 aliphatic carbocycles. The summed E-state index contributed by atoms with van der Waals surface area (Å²) < 4.78 is 30.3. The molecule has 4 nitrogen and oxygen atoms in total. The molecule has 2 aromatic rings. The second kappa shape index (κ2) is 4.29. The fourth-order valence-corrected chi connectivity index (χ4v) is 1.68. The van der Waals surface area contributed by atoms with Crippen molar-refractivity contribution < 1.29 is 18.3 Å². The second-order valence-corrected chi connectivity index (χ2v) is 3.66. The first kappa shape index (κ1) is 11.8. The minimum Gasteiger partial charge on any atom is -0.464 e. The highest BCUT2D eigenvalue weighted by atomic mass is 35.5. The molecule has 0 N–H and O–H groups in total. The molecule has 17 heavy (non-hydrogen) atoms. The number of halogens is 3. The van der Waals surface area contributed by atoms with Crippen LogP contribution in [0.5, 0.6) is 0 Å². The van der Waals surface area contributed by atoms with Crippen molar-refractivity contribution in [3.05, 3.63) is 28.9 Å². The Morgan fingerprint density at radius 3 is 2.82 bits per heavy atom. The Hall–Kier alpha value is -1.69. The number of methoxy groups -OCH3 is 1. The van der Waals surface area contributed by atoms with Crippen LogP contribution in [0.2, 0.25) is 5.02 Å². The third-order valence-corrected chi connectivity index (χ3v) is 2.47. The van der Waals surface area contributed by atoms with E-state index < -0.39 is 12.5 Å². The first-order valence-electron chi connectivity index (χ1n) is 4.59. The maximum absolute atomic E-state index is 12.7. The van der Waals surface area contributed by atoms with Crippen molar-refractivity contribution in [1.29, 1.82) is 0 Å². The summed E-state index contributed by atoms with van der Waals surface area (Å²) in [5, 5.41) is 4.10. The van der Waals surface area contributed by atoms with Crippen LogP contribution in [0.1, 0.15) is 17.0 Å². The largest absolute Gasteiger partial charge is 0.464 e.